The molecule has 0 saturated carbocycles. The Balaban J connectivity index is 2.19. The van der Waals surface area contributed by atoms with Gasteiger partial charge in [0.1, 0.15) is 0 Å². The van der Waals surface area contributed by atoms with Gasteiger partial charge in [-0.15, -0.1) is 0 Å². The Morgan fingerprint density at radius 2 is 2.23 bits per heavy atom. The zero-order valence-corrected chi connectivity index (χ0v) is 7.84. The predicted molar refractivity (Wildman–Crippen MR) is 52.1 cm³/mol. The van der Waals surface area contributed by atoms with Crippen LogP contribution in [-0.4, -0.2) is 18.9 Å². The molecular weight excluding hydrogens is 186 g/mol. The largest absolute Gasteiger partial charge is 0.315 e. The molecule has 0 radical (unpaired) electrons. The maximum Gasteiger partial charge on any atom is 0.168 e. The van der Waals surface area contributed by atoms with Crippen molar-refractivity contribution in [2.45, 2.75) is 0 Å². The van der Waals surface area contributed by atoms with Crippen molar-refractivity contribution in [2.75, 3.05) is 13.1 Å². The molecule has 0 amide bonds. The highest BCUT2D eigenvalue weighted by Crippen LogP contribution is 2.16. The Hall–Kier alpha value is -0.860. The van der Waals surface area contributed by atoms with Crippen LogP contribution in [0.5, 0.6) is 0 Å². The summed E-state index contributed by atoms with van der Waals surface area (Å²) in [4.78, 5) is 11.7. The van der Waals surface area contributed by atoms with Gasteiger partial charge in [0.25, 0.3) is 0 Å². The minimum absolute atomic E-state index is 0.151. The third-order valence-corrected chi connectivity index (χ3v) is 2.50. The molecule has 1 aromatic rings. The summed E-state index contributed by atoms with van der Waals surface area (Å²) in [7, 11) is 0. The normalized spacial score (nSPS) is 16.7. The van der Waals surface area contributed by atoms with Gasteiger partial charge in [-0.25, -0.2) is 0 Å². The third kappa shape index (κ3) is 1.74. The van der Waals surface area contributed by atoms with Crippen molar-refractivity contribution in [3.05, 3.63) is 34.9 Å². The fourth-order valence-corrected chi connectivity index (χ4v) is 1.54. The lowest BCUT2D eigenvalue weighted by Gasteiger charge is -2.25. The Morgan fingerprint density at radius 1 is 1.46 bits per heavy atom. The van der Waals surface area contributed by atoms with Crippen LogP contribution in [0.15, 0.2) is 24.3 Å². The molecule has 0 unspecified atom stereocenters. The van der Waals surface area contributed by atoms with E-state index in [0.29, 0.717) is 5.02 Å². The summed E-state index contributed by atoms with van der Waals surface area (Å²) in [6.07, 6.45) is 0. The molecule has 1 N–H and O–H groups in total. The summed E-state index contributed by atoms with van der Waals surface area (Å²) in [6, 6.07) is 7.12. The zero-order chi connectivity index (χ0) is 9.26. The molecule has 2 rings (SSSR count). The number of ketones is 1. The minimum Gasteiger partial charge on any atom is -0.315 e. The number of benzene rings is 1. The Labute approximate surface area is 81.9 Å². The van der Waals surface area contributed by atoms with Gasteiger partial charge in [-0.2, -0.15) is 0 Å². The minimum atomic E-state index is 0.151. The van der Waals surface area contributed by atoms with Gasteiger partial charge < -0.3 is 5.32 Å². The lowest BCUT2D eigenvalue weighted by Crippen LogP contribution is -2.46. The van der Waals surface area contributed by atoms with E-state index in [-0.39, 0.29) is 11.7 Å². The second-order valence-electron chi connectivity index (χ2n) is 3.23. The lowest BCUT2D eigenvalue weighted by atomic mass is 9.93. The van der Waals surface area contributed by atoms with Crippen molar-refractivity contribution in [1.29, 1.82) is 0 Å². The molecule has 68 valence electrons. The molecule has 0 spiro atoms. The van der Waals surface area contributed by atoms with Crippen LogP contribution in [0.4, 0.5) is 0 Å². The van der Waals surface area contributed by atoms with Gasteiger partial charge in [-0.1, -0.05) is 23.7 Å². The fourth-order valence-electron chi connectivity index (χ4n) is 1.35. The molecule has 1 fully saturated rings. The SMILES string of the molecule is O=C(c1cccc(Cl)c1)C1CNC1. The number of halogens is 1. The number of nitrogens with one attached hydrogen (secondary N) is 1. The van der Waals surface area contributed by atoms with Crippen LogP contribution in [0.25, 0.3) is 0 Å². The van der Waals surface area contributed by atoms with Crippen molar-refractivity contribution >= 4 is 17.4 Å². The van der Waals surface area contributed by atoms with Gasteiger partial charge in [-0.05, 0) is 12.1 Å². The van der Waals surface area contributed by atoms with Crippen LogP contribution < -0.4 is 5.32 Å². The Kier molecular flexibility index (Phi) is 2.34. The molecule has 1 aliphatic heterocycles. The smallest absolute Gasteiger partial charge is 0.168 e. The quantitative estimate of drug-likeness (QED) is 0.729. The third-order valence-electron chi connectivity index (χ3n) is 2.26. The highest BCUT2D eigenvalue weighted by atomic mass is 35.5. The van der Waals surface area contributed by atoms with E-state index in [2.05, 4.69) is 5.32 Å². The predicted octanol–water partition coefficient (Wildman–Crippen LogP) is 1.74. The number of Topliss-reactive ketones (excluding diaryl/α,β-unsaturated/α-hetero) is 1. The molecule has 3 heteroatoms. The zero-order valence-electron chi connectivity index (χ0n) is 7.09. The summed E-state index contributed by atoms with van der Waals surface area (Å²) in [5.41, 5.74) is 0.721. The van der Waals surface area contributed by atoms with Crippen LogP contribution in [0.3, 0.4) is 0 Å². The van der Waals surface area contributed by atoms with Crippen LogP contribution in [0.2, 0.25) is 5.02 Å². The number of rotatable bonds is 2. The van der Waals surface area contributed by atoms with Crippen LogP contribution in [0, 0.1) is 5.92 Å². The number of hydrogen-bond donors (Lipinski definition) is 1. The Bertz CT molecular complexity index is 333. The average Bonchev–Trinajstić information content (AvgIpc) is 2.01. The molecule has 1 aliphatic rings. The first-order chi connectivity index (χ1) is 6.27. The maximum absolute atomic E-state index is 11.7. The Morgan fingerprint density at radius 3 is 2.77 bits per heavy atom. The second-order valence-corrected chi connectivity index (χ2v) is 3.67. The van der Waals surface area contributed by atoms with Crippen LogP contribution in [-0.2, 0) is 0 Å². The lowest BCUT2D eigenvalue weighted by molar-refractivity contribution is 0.0878. The maximum atomic E-state index is 11.7. The van der Waals surface area contributed by atoms with Crippen molar-refractivity contribution in [3.63, 3.8) is 0 Å². The van der Waals surface area contributed by atoms with Crippen molar-refractivity contribution in [1.82, 2.24) is 5.32 Å². The first kappa shape index (κ1) is 8.73. The van der Waals surface area contributed by atoms with E-state index in [0.717, 1.165) is 18.7 Å². The van der Waals surface area contributed by atoms with Gasteiger partial charge in [-0.3, -0.25) is 4.79 Å². The van der Waals surface area contributed by atoms with E-state index in [9.17, 15) is 4.79 Å². The average molecular weight is 196 g/mol. The summed E-state index contributed by atoms with van der Waals surface area (Å²) >= 11 is 5.79. The summed E-state index contributed by atoms with van der Waals surface area (Å²) < 4.78 is 0. The fraction of sp³-hybridized carbons (Fsp3) is 0.300. The molecule has 2 nitrogen and oxygen atoms in total. The number of hydrogen-bond acceptors (Lipinski definition) is 2. The van der Waals surface area contributed by atoms with Gasteiger partial charge in [0.05, 0.1) is 0 Å². The van der Waals surface area contributed by atoms with Crippen molar-refractivity contribution in [3.8, 4) is 0 Å². The second kappa shape index (κ2) is 3.48. The van der Waals surface area contributed by atoms with Crippen LogP contribution >= 0.6 is 11.6 Å². The molecule has 1 heterocycles. The molecule has 13 heavy (non-hydrogen) atoms. The molecule has 0 bridgehead atoms. The molecular formula is C10H10ClNO. The van der Waals surface area contributed by atoms with Crippen molar-refractivity contribution in [2.24, 2.45) is 5.92 Å². The number of carbonyl (C=O) groups is 1. The highest BCUT2D eigenvalue weighted by Gasteiger charge is 2.25. The summed E-state index contributed by atoms with van der Waals surface area (Å²) in [6.45, 7) is 1.59. The number of carbonyl (C=O) groups excluding carboxylic acids is 1. The first-order valence-electron chi connectivity index (χ1n) is 4.28. The molecule has 1 saturated heterocycles. The topological polar surface area (TPSA) is 29.1 Å². The van der Waals surface area contributed by atoms with E-state index >= 15 is 0 Å². The van der Waals surface area contributed by atoms with Gasteiger partial charge in [0.2, 0.25) is 0 Å². The van der Waals surface area contributed by atoms with E-state index < -0.39 is 0 Å². The van der Waals surface area contributed by atoms with E-state index in [1.165, 1.54) is 0 Å². The monoisotopic (exact) mass is 195 g/mol. The van der Waals surface area contributed by atoms with Gasteiger partial charge in [0, 0.05) is 29.6 Å². The van der Waals surface area contributed by atoms with Gasteiger partial charge >= 0.3 is 0 Å². The molecule has 1 aromatic carbocycles. The molecule has 0 aromatic heterocycles. The summed E-state index contributed by atoms with van der Waals surface area (Å²) in [5, 5.41) is 3.70. The first-order valence-corrected chi connectivity index (χ1v) is 4.65. The summed E-state index contributed by atoms with van der Waals surface area (Å²) in [5.74, 6) is 0.347. The van der Waals surface area contributed by atoms with E-state index in [1.807, 2.05) is 12.1 Å². The standard InChI is InChI=1S/C10H10ClNO/c11-9-3-1-2-7(4-9)10(13)8-5-12-6-8/h1-4,8,12H,5-6H2. The van der Waals surface area contributed by atoms with E-state index in [4.69, 9.17) is 11.6 Å². The molecule has 0 aliphatic carbocycles. The highest BCUT2D eigenvalue weighted by molar-refractivity contribution is 6.31. The van der Waals surface area contributed by atoms with E-state index in [1.54, 1.807) is 12.1 Å². The van der Waals surface area contributed by atoms with Crippen LogP contribution in [0.1, 0.15) is 10.4 Å². The van der Waals surface area contributed by atoms with Crippen molar-refractivity contribution < 1.29 is 4.79 Å². The molecule has 0 atom stereocenters. The van der Waals surface area contributed by atoms with Gasteiger partial charge in [0.15, 0.2) is 5.78 Å².